The molecule has 1 atom stereocenters. The highest BCUT2D eigenvalue weighted by Crippen LogP contribution is 2.07. The predicted octanol–water partition coefficient (Wildman–Crippen LogP) is 3.16. The van der Waals surface area contributed by atoms with Gasteiger partial charge in [0.15, 0.2) is 0 Å². The summed E-state index contributed by atoms with van der Waals surface area (Å²) in [5, 5.41) is 22.9. The molecule has 0 spiro atoms. The highest BCUT2D eigenvalue weighted by Gasteiger charge is 2.22. The predicted molar refractivity (Wildman–Crippen MR) is 118 cm³/mol. The largest absolute Gasteiger partial charge is 0.481 e. The molecule has 0 bridgehead atoms. The van der Waals surface area contributed by atoms with Crippen molar-refractivity contribution >= 4 is 18.0 Å². The summed E-state index contributed by atoms with van der Waals surface area (Å²) in [7, 11) is 0. The Balaban J connectivity index is 1.75. The summed E-state index contributed by atoms with van der Waals surface area (Å²) in [6.07, 6.45) is 1.30. The second kappa shape index (κ2) is 13.4. The minimum absolute atomic E-state index is 0.0349. The Morgan fingerprint density at radius 1 is 1.00 bits per heavy atom. The normalized spacial score (nSPS) is 11.1. The maximum Gasteiger partial charge on any atom is 0.408 e. The minimum Gasteiger partial charge on any atom is -0.481 e. The fourth-order valence-corrected chi connectivity index (χ4v) is 2.98. The number of hydrogen-bond donors (Lipinski definition) is 3. The van der Waals surface area contributed by atoms with Gasteiger partial charge in [0, 0.05) is 13.0 Å². The first-order chi connectivity index (χ1) is 15.5. The molecule has 3 N–H and O–H groups in total. The first kappa shape index (κ1) is 24.4. The molecular formula is C24H27N3O5. The van der Waals surface area contributed by atoms with Gasteiger partial charge in [0.25, 0.3) is 0 Å². The van der Waals surface area contributed by atoms with Crippen LogP contribution in [0.4, 0.5) is 4.79 Å². The number of hydrogen-bond acceptors (Lipinski definition) is 5. The van der Waals surface area contributed by atoms with Crippen molar-refractivity contribution in [1.29, 1.82) is 5.26 Å². The van der Waals surface area contributed by atoms with Crippen LogP contribution in [0.2, 0.25) is 0 Å². The number of carbonyl (C=O) groups is 3. The highest BCUT2D eigenvalue weighted by molar-refractivity contribution is 5.86. The number of aryl methyl sites for hydroxylation is 1. The molecular weight excluding hydrogens is 410 g/mol. The Labute approximate surface area is 187 Å². The maximum absolute atomic E-state index is 12.5. The van der Waals surface area contributed by atoms with Gasteiger partial charge in [-0.2, -0.15) is 5.26 Å². The molecule has 0 heterocycles. The zero-order valence-electron chi connectivity index (χ0n) is 17.8. The number of nitrogens with one attached hydrogen (secondary N) is 2. The monoisotopic (exact) mass is 437 g/mol. The van der Waals surface area contributed by atoms with Crippen LogP contribution in [0.5, 0.6) is 0 Å². The van der Waals surface area contributed by atoms with Crippen LogP contribution in [0.25, 0.3) is 0 Å². The Morgan fingerprint density at radius 3 is 2.38 bits per heavy atom. The third-order valence-electron chi connectivity index (χ3n) is 4.74. The van der Waals surface area contributed by atoms with Gasteiger partial charge < -0.3 is 20.5 Å². The van der Waals surface area contributed by atoms with E-state index in [1.807, 2.05) is 30.3 Å². The number of ether oxygens (including phenoxy) is 1. The van der Waals surface area contributed by atoms with Crippen LogP contribution in [0, 0.1) is 11.3 Å². The number of benzene rings is 2. The van der Waals surface area contributed by atoms with Crippen LogP contribution in [-0.4, -0.2) is 35.7 Å². The Kier molecular flexibility index (Phi) is 10.3. The Hall–Kier alpha value is -3.86. The summed E-state index contributed by atoms with van der Waals surface area (Å²) >= 11 is 0. The number of unbranched alkanes of at least 4 members (excludes halogenated alkanes) is 1. The number of amides is 2. The number of alkyl carbamates (subject to hydrolysis) is 1. The van der Waals surface area contributed by atoms with Gasteiger partial charge in [-0.25, -0.2) is 4.79 Å². The number of carboxylic acid groups (broad SMARTS) is 1. The van der Waals surface area contributed by atoms with E-state index in [4.69, 9.17) is 15.1 Å². The average molecular weight is 437 g/mol. The lowest BCUT2D eigenvalue weighted by atomic mass is 10.1. The summed E-state index contributed by atoms with van der Waals surface area (Å²) < 4.78 is 5.13. The van der Waals surface area contributed by atoms with E-state index in [1.54, 1.807) is 24.3 Å². The van der Waals surface area contributed by atoms with Gasteiger partial charge in [0.2, 0.25) is 5.91 Å². The number of rotatable bonds is 12. The number of nitrogens with zero attached hydrogens (tertiary/aromatic N) is 1. The van der Waals surface area contributed by atoms with Crippen molar-refractivity contribution in [2.24, 2.45) is 0 Å². The molecule has 0 aliphatic heterocycles. The van der Waals surface area contributed by atoms with Crippen molar-refractivity contribution in [2.75, 3.05) is 6.54 Å². The fraction of sp³-hybridized carbons (Fsp3) is 0.333. The smallest absolute Gasteiger partial charge is 0.408 e. The number of nitriles is 1. The van der Waals surface area contributed by atoms with Crippen molar-refractivity contribution in [3.05, 3.63) is 71.3 Å². The second-order valence-corrected chi connectivity index (χ2v) is 7.25. The SMILES string of the molecule is N#Cc1ccc(CCCCNC(=O)[C@@H](CCC(=O)O)NC(=O)OCc2ccccc2)cc1. The maximum atomic E-state index is 12.5. The number of aliphatic carboxylic acids is 1. The summed E-state index contributed by atoms with van der Waals surface area (Å²) in [6, 6.07) is 17.5. The van der Waals surface area contributed by atoms with Gasteiger partial charge in [0.05, 0.1) is 11.6 Å². The summed E-state index contributed by atoms with van der Waals surface area (Å²) in [6.45, 7) is 0.453. The molecule has 8 nitrogen and oxygen atoms in total. The van der Waals surface area contributed by atoms with E-state index in [1.165, 1.54) is 0 Å². The van der Waals surface area contributed by atoms with Crippen molar-refractivity contribution in [2.45, 2.75) is 44.8 Å². The zero-order chi connectivity index (χ0) is 23.2. The van der Waals surface area contributed by atoms with E-state index in [-0.39, 0.29) is 19.4 Å². The molecule has 32 heavy (non-hydrogen) atoms. The summed E-state index contributed by atoms with van der Waals surface area (Å²) in [4.78, 5) is 35.4. The molecule has 0 aliphatic carbocycles. The van der Waals surface area contributed by atoms with Crippen LogP contribution in [0.15, 0.2) is 54.6 Å². The van der Waals surface area contributed by atoms with Gasteiger partial charge in [-0.3, -0.25) is 9.59 Å². The van der Waals surface area contributed by atoms with E-state index >= 15 is 0 Å². The van der Waals surface area contributed by atoms with Gasteiger partial charge in [0.1, 0.15) is 12.6 Å². The third-order valence-corrected chi connectivity index (χ3v) is 4.74. The highest BCUT2D eigenvalue weighted by atomic mass is 16.5. The molecule has 2 rings (SSSR count). The Morgan fingerprint density at radius 2 is 1.72 bits per heavy atom. The molecule has 0 aliphatic rings. The molecule has 0 radical (unpaired) electrons. The van der Waals surface area contributed by atoms with Crippen molar-refractivity contribution < 1.29 is 24.2 Å². The van der Waals surface area contributed by atoms with E-state index in [0.717, 1.165) is 30.4 Å². The lowest BCUT2D eigenvalue weighted by Crippen LogP contribution is -2.47. The molecule has 8 heteroatoms. The lowest BCUT2D eigenvalue weighted by molar-refractivity contribution is -0.137. The van der Waals surface area contributed by atoms with Gasteiger partial charge >= 0.3 is 12.1 Å². The van der Waals surface area contributed by atoms with Crippen molar-refractivity contribution in [3.63, 3.8) is 0 Å². The standard InChI is InChI=1S/C24H27N3O5/c25-16-19-11-9-18(10-12-19)6-4-5-15-26-23(30)21(13-14-22(28)29)27-24(31)32-17-20-7-2-1-3-8-20/h1-3,7-12,21H,4-6,13-15,17H2,(H,26,30)(H,27,31)(H,28,29)/t21-/m1/s1. The van der Waals surface area contributed by atoms with Crippen LogP contribution in [0.3, 0.4) is 0 Å². The van der Waals surface area contributed by atoms with Crippen LogP contribution < -0.4 is 10.6 Å². The second-order valence-electron chi connectivity index (χ2n) is 7.25. The van der Waals surface area contributed by atoms with E-state index < -0.39 is 24.0 Å². The summed E-state index contributed by atoms with van der Waals surface area (Å²) in [5.41, 5.74) is 2.53. The molecule has 0 saturated heterocycles. The first-order valence-corrected chi connectivity index (χ1v) is 10.4. The third kappa shape index (κ3) is 9.30. The van der Waals surface area contributed by atoms with Gasteiger partial charge in [-0.1, -0.05) is 42.5 Å². The van der Waals surface area contributed by atoms with Crippen LogP contribution >= 0.6 is 0 Å². The molecule has 2 aromatic rings. The van der Waals surface area contributed by atoms with E-state index in [2.05, 4.69) is 16.7 Å². The number of carboxylic acids is 1. The van der Waals surface area contributed by atoms with Crippen LogP contribution in [-0.2, 0) is 27.4 Å². The quantitative estimate of drug-likeness (QED) is 0.438. The van der Waals surface area contributed by atoms with Gasteiger partial charge in [-0.15, -0.1) is 0 Å². The lowest BCUT2D eigenvalue weighted by Gasteiger charge is -2.18. The molecule has 0 fully saturated rings. The molecule has 168 valence electrons. The fourth-order valence-electron chi connectivity index (χ4n) is 2.98. The van der Waals surface area contributed by atoms with E-state index in [0.29, 0.717) is 12.1 Å². The van der Waals surface area contributed by atoms with Crippen LogP contribution in [0.1, 0.15) is 42.4 Å². The topological polar surface area (TPSA) is 129 Å². The minimum atomic E-state index is -1.05. The van der Waals surface area contributed by atoms with Crippen molar-refractivity contribution in [1.82, 2.24) is 10.6 Å². The average Bonchev–Trinajstić information content (AvgIpc) is 2.81. The molecule has 2 amide bonds. The van der Waals surface area contributed by atoms with Crippen molar-refractivity contribution in [3.8, 4) is 6.07 Å². The Bertz CT molecular complexity index is 923. The van der Waals surface area contributed by atoms with E-state index in [9.17, 15) is 14.4 Å². The first-order valence-electron chi connectivity index (χ1n) is 10.4. The number of carbonyl (C=O) groups excluding carboxylic acids is 2. The van der Waals surface area contributed by atoms with Gasteiger partial charge in [-0.05, 0) is 48.9 Å². The molecule has 0 unspecified atom stereocenters. The summed E-state index contributed by atoms with van der Waals surface area (Å²) in [5.74, 6) is -1.49. The zero-order valence-corrected chi connectivity index (χ0v) is 17.8. The molecule has 2 aromatic carbocycles. The molecule has 0 aromatic heterocycles. The molecule has 0 saturated carbocycles.